The van der Waals surface area contributed by atoms with Crippen LogP contribution in [0, 0.1) is 25.2 Å². The van der Waals surface area contributed by atoms with Crippen LogP contribution in [0.2, 0.25) is 5.02 Å². The summed E-state index contributed by atoms with van der Waals surface area (Å²) >= 11 is 6.85. The summed E-state index contributed by atoms with van der Waals surface area (Å²) in [5.74, 6) is -0.555. The molecular formula is C41H45ClF2N4O3. The summed E-state index contributed by atoms with van der Waals surface area (Å²) in [6.45, 7) is 8.85. The van der Waals surface area contributed by atoms with Gasteiger partial charge in [0.05, 0.1) is 23.7 Å². The SMILES string of the molecule is Cc1c(COc2cc(OCc3cncc(C#N)c3)c(CN3CCCCC3)cc2Cl)cccc1-c1cccc(OCCCN2CCC(F)(F)C2)c1C. The van der Waals surface area contributed by atoms with E-state index in [-0.39, 0.29) is 19.6 Å². The average Bonchev–Trinajstić information content (AvgIpc) is 3.49. The Hall–Kier alpha value is -4.23. The average molecular weight is 715 g/mol. The normalized spacial score (nSPS) is 16.2. The molecule has 0 spiro atoms. The van der Waals surface area contributed by atoms with Crippen LogP contribution in [0.25, 0.3) is 11.1 Å². The van der Waals surface area contributed by atoms with Gasteiger partial charge in [-0.3, -0.25) is 14.8 Å². The molecule has 0 N–H and O–H groups in total. The minimum absolute atomic E-state index is 0.0649. The van der Waals surface area contributed by atoms with E-state index in [1.807, 2.05) is 42.2 Å². The number of piperidine rings is 1. The maximum absolute atomic E-state index is 13.5. The molecular weight excluding hydrogens is 670 g/mol. The van der Waals surface area contributed by atoms with E-state index in [0.717, 1.165) is 64.3 Å². The van der Waals surface area contributed by atoms with Gasteiger partial charge in [0, 0.05) is 55.6 Å². The van der Waals surface area contributed by atoms with Crippen molar-refractivity contribution in [1.29, 1.82) is 5.26 Å². The van der Waals surface area contributed by atoms with Crippen molar-refractivity contribution >= 4 is 11.6 Å². The second kappa shape index (κ2) is 16.9. The number of hydrogen-bond donors (Lipinski definition) is 0. The number of hydrogen-bond acceptors (Lipinski definition) is 7. The van der Waals surface area contributed by atoms with E-state index in [9.17, 15) is 14.0 Å². The number of ether oxygens (including phenoxy) is 3. The number of rotatable bonds is 14. The Labute approximate surface area is 304 Å². The van der Waals surface area contributed by atoms with Gasteiger partial charge in [-0.15, -0.1) is 0 Å². The molecule has 0 bridgehead atoms. The van der Waals surface area contributed by atoms with Gasteiger partial charge in [0.15, 0.2) is 0 Å². The van der Waals surface area contributed by atoms with Gasteiger partial charge in [-0.25, -0.2) is 8.78 Å². The summed E-state index contributed by atoms with van der Waals surface area (Å²) in [6, 6.07) is 20.0. The van der Waals surface area contributed by atoms with Gasteiger partial charge in [0.25, 0.3) is 5.92 Å². The first-order valence-corrected chi connectivity index (χ1v) is 18.1. The Morgan fingerprint density at radius 2 is 1.59 bits per heavy atom. The summed E-state index contributed by atoms with van der Waals surface area (Å²) < 4.78 is 46.0. The maximum atomic E-state index is 13.5. The minimum Gasteiger partial charge on any atom is -0.493 e. The van der Waals surface area contributed by atoms with E-state index < -0.39 is 5.92 Å². The predicted molar refractivity (Wildman–Crippen MR) is 196 cm³/mol. The predicted octanol–water partition coefficient (Wildman–Crippen LogP) is 9.14. The van der Waals surface area contributed by atoms with Crippen LogP contribution in [0.3, 0.4) is 0 Å². The van der Waals surface area contributed by atoms with Crippen molar-refractivity contribution < 1.29 is 23.0 Å². The standard InChI is InChI=1S/C41H45ClF2N4O3/c1-29-33(9-6-10-35(29)36-11-7-12-38(30(36)2)49-18-8-16-48-17-13-41(43,44)28-48)27-51-40-21-39(50-26-32-19-31(22-45)23-46-24-32)34(20-37(40)42)25-47-14-4-3-5-15-47/h6-7,9-12,19-21,23-24H,3-5,8,13-18,25-28H2,1-2H3. The highest BCUT2D eigenvalue weighted by atomic mass is 35.5. The molecule has 0 radical (unpaired) electrons. The van der Waals surface area contributed by atoms with Gasteiger partial charge in [-0.1, -0.05) is 48.4 Å². The van der Waals surface area contributed by atoms with E-state index in [2.05, 4.69) is 41.1 Å². The number of pyridine rings is 1. The molecule has 0 aliphatic carbocycles. The van der Waals surface area contributed by atoms with E-state index in [1.54, 1.807) is 12.3 Å². The molecule has 2 fully saturated rings. The number of nitriles is 1. The van der Waals surface area contributed by atoms with Crippen molar-refractivity contribution in [2.45, 2.75) is 71.6 Å². The van der Waals surface area contributed by atoms with Crippen LogP contribution in [0.1, 0.15) is 65.5 Å². The van der Waals surface area contributed by atoms with Crippen LogP contribution in [-0.2, 0) is 19.8 Å². The molecule has 2 aliphatic rings. The number of halogens is 3. The van der Waals surface area contributed by atoms with E-state index in [1.165, 1.54) is 25.5 Å². The Balaban J connectivity index is 1.15. The first-order chi connectivity index (χ1) is 24.7. The zero-order valence-corrected chi connectivity index (χ0v) is 30.2. The third-order valence-corrected chi connectivity index (χ3v) is 10.1. The Kier molecular flexibility index (Phi) is 12.1. The number of alkyl halides is 2. The molecule has 2 saturated heterocycles. The summed E-state index contributed by atoms with van der Waals surface area (Å²) in [6.07, 6.45) is 7.47. The van der Waals surface area contributed by atoms with Crippen LogP contribution >= 0.6 is 11.6 Å². The van der Waals surface area contributed by atoms with Crippen LogP contribution in [0.15, 0.2) is 67.0 Å². The molecule has 6 rings (SSSR count). The number of likely N-dealkylation sites (tertiary alicyclic amines) is 2. The lowest BCUT2D eigenvalue weighted by Gasteiger charge is -2.27. The monoisotopic (exact) mass is 714 g/mol. The fraction of sp³-hybridized carbons (Fsp3) is 0.415. The van der Waals surface area contributed by atoms with Crippen molar-refractivity contribution in [3.05, 3.63) is 105 Å². The van der Waals surface area contributed by atoms with Crippen molar-refractivity contribution in [2.75, 3.05) is 39.3 Å². The van der Waals surface area contributed by atoms with E-state index in [0.29, 0.717) is 54.8 Å². The van der Waals surface area contributed by atoms with Gasteiger partial charge < -0.3 is 14.2 Å². The molecule has 0 amide bonds. The molecule has 4 aromatic rings. The lowest BCUT2D eigenvalue weighted by atomic mass is 9.93. The number of nitrogens with zero attached hydrogens (tertiary/aromatic N) is 4. The number of benzene rings is 3. The van der Waals surface area contributed by atoms with Gasteiger partial charge >= 0.3 is 0 Å². The highest BCUT2D eigenvalue weighted by Crippen LogP contribution is 2.37. The first kappa shape index (κ1) is 36.6. The quantitative estimate of drug-likeness (QED) is 0.121. The van der Waals surface area contributed by atoms with Crippen LogP contribution in [0.4, 0.5) is 8.78 Å². The second-order valence-corrected chi connectivity index (χ2v) is 14.0. The largest absolute Gasteiger partial charge is 0.493 e. The zero-order chi connectivity index (χ0) is 35.8. The second-order valence-electron chi connectivity index (χ2n) is 13.6. The van der Waals surface area contributed by atoms with Crippen LogP contribution in [0.5, 0.6) is 17.2 Å². The maximum Gasteiger partial charge on any atom is 0.261 e. The van der Waals surface area contributed by atoms with Crippen molar-refractivity contribution in [1.82, 2.24) is 14.8 Å². The fourth-order valence-electron chi connectivity index (χ4n) is 6.91. The third kappa shape index (κ3) is 9.56. The minimum atomic E-state index is -2.57. The van der Waals surface area contributed by atoms with E-state index >= 15 is 0 Å². The van der Waals surface area contributed by atoms with Crippen LogP contribution in [-0.4, -0.2) is 60.0 Å². The molecule has 51 heavy (non-hydrogen) atoms. The van der Waals surface area contributed by atoms with E-state index in [4.69, 9.17) is 25.8 Å². The highest BCUT2D eigenvalue weighted by Gasteiger charge is 2.37. The third-order valence-electron chi connectivity index (χ3n) is 9.80. The van der Waals surface area contributed by atoms with Gasteiger partial charge in [0.2, 0.25) is 0 Å². The molecule has 7 nitrogen and oxygen atoms in total. The van der Waals surface area contributed by atoms with Crippen LogP contribution < -0.4 is 14.2 Å². The highest BCUT2D eigenvalue weighted by molar-refractivity contribution is 6.32. The first-order valence-electron chi connectivity index (χ1n) is 17.7. The molecule has 0 atom stereocenters. The summed E-state index contributed by atoms with van der Waals surface area (Å²) in [5, 5.41) is 9.84. The van der Waals surface area contributed by atoms with Gasteiger partial charge in [-0.2, -0.15) is 5.26 Å². The fourth-order valence-corrected chi connectivity index (χ4v) is 7.15. The number of aromatic nitrogens is 1. The van der Waals surface area contributed by atoms with Crippen molar-refractivity contribution in [3.8, 4) is 34.4 Å². The Morgan fingerprint density at radius 1 is 0.824 bits per heavy atom. The Morgan fingerprint density at radius 3 is 2.35 bits per heavy atom. The zero-order valence-electron chi connectivity index (χ0n) is 29.4. The summed E-state index contributed by atoms with van der Waals surface area (Å²) in [5.41, 5.74) is 7.57. The topological polar surface area (TPSA) is 70.8 Å². The van der Waals surface area contributed by atoms with Gasteiger partial charge in [-0.05, 0) is 92.2 Å². The Bertz CT molecular complexity index is 1860. The molecule has 10 heteroatoms. The van der Waals surface area contributed by atoms with Crippen molar-refractivity contribution in [3.63, 3.8) is 0 Å². The smallest absolute Gasteiger partial charge is 0.261 e. The molecule has 1 aromatic heterocycles. The van der Waals surface area contributed by atoms with Gasteiger partial charge in [0.1, 0.15) is 36.5 Å². The van der Waals surface area contributed by atoms with Crippen molar-refractivity contribution in [2.24, 2.45) is 0 Å². The molecule has 0 unspecified atom stereocenters. The molecule has 3 aromatic carbocycles. The molecule has 0 saturated carbocycles. The molecule has 3 heterocycles. The lowest BCUT2D eigenvalue weighted by Crippen LogP contribution is -2.29. The lowest BCUT2D eigenvalue weighted by molar-refractivity contribution is 0.0118. The molecule has 2 aliphatic heterocycles. The summed E-state index contributed by atoms with van der Waals surface area (Å²) in [7, 11) is 0. The molecule has 268 valence electrons. The summed E-state index contributed by atoms with van der Waals surface area (Å²) in [4.78, 5) is 8.41.